The van der Waals surface area contributed by atoms with Crippen LogP contribution in [-0.2, 0) is 6.18 Å². The molecule has 0 saturated carbocycles. The van der Waals surface area contributed by atoms with Crippen LogP contribution in [-0.4, -0.2) is 0 Å². The lowest BCUT2D eigenvalue weighted by atomic mass is 10.0. The summed E-state index contributed by atoms with van der Waals surface area (Å²) in [6.07, 6.45) is -4.30. The Morgan fingerprint density at radius 3 is 2.28 bits per heavy atom. The maximum absolute atomic E-state index is 12.6. The van der Waals surface area contributed by atoms with E-state index in [1.54, 1.807) is 6.07 Å². The van der Waals surface area contributed by atoms with Crippen molar-refractivity contribution in [3.63, 3.8) is 0 Å². The standard InChI is InChI=1S/C14H10F3I/c1-9-5-11(8-13(18)6-9)10-3-2-4-12(7-10)14(15,16)17/h2-8H,1H3. The highest BCUT2D eigenvalue weighted by Crippen LogP contribution is 2.32. The van der Waals surface area contributed by atoms with E-state index in [1.807, 2.05) is 25.1 Å². The molecule has 4 heteroatoms. The molecule has 2 rings (SSSR count). The van der Waals surface area contributed by atoms with Crippen LogP contribution < -0.4 is 0 Å². The highest BCUT2D eigenvalue weighted by Gasteiger charge is 2.30. The first-order valence-corrected chi connectivity index (χ1v) is 6.39. The molecule has 0 atom stereocenters. The summed E-state index contributed by atoms with van der Waals surface area (Å²) in [6.45, 7) is 1.93. The summed E-state index contributed by atoms with van der Waals surface area (Å²) >= 11 is 2.16. The lowest BCUT2D eigenvalue weighted by molar-refractivity contribution is -0.137. The van der Waals surface area contributed by atoms with Gasteiger partial charge in [0.05, 0.1) is 5.56 Å². The molecule has 0 aliphatic rings. The molecule has 0 nitrogen and oxygen atoms in total. The summed E-state index contributed by atoms with van der Waals surface area (Å²) in [5.74, 6) is 0. The molecular weight excluding hydrogens is 352 g/mol. The first kappa shape index (κ1) is 13.4. The van der Waals surface area contributed by atoms with Gasteiger partial charge in [0.25, 0.3) is 0 Å². The summed E-state index contributed by atoms with van der Waals surface area (Å²) < 4.78 is 38.9. The van der Waals surface area contributed by atoms with Crippen molar-refractivity contribution in [1.29, 1.82) is 0 Å². The minimum Gasteiger partial charge on any atom is -0.166 e. The molecule has 94 valence electrons. The largest absolute Gasteiger partial charge is 0.416 e. The first-order chi connectivity index (χ1) is 8.36. The normalized spacial score (nSPS) is 11.6. The van der Waals surface area contributed by atoms with Gasteiger partial charge in [0.1, 0.15) is 0 Å². The number of rotatable bonds is 1. The van der Waals surface area contributed by atoms with Crippen LogP contribution in [0.25, 0.3) is 11.1 Å². The van der Waals surface area contributed by atoms with Gasteiger partial charge in [0, 0.05) is 3.57 Å². The predicted octanol–water partition coefficient (Wildman–Crippen LogP) is 5.29. The Bertz CT molecular complexity index is 553. The summed E-state index contributed by atoms with van der Waals surface area (Å²) in [5.41, 5.74) is 1.82. The van der Waals surface area contributed by atoms with Crippen molar-refractivity contribution >= 4 is 22.6 Å². The van der Waals surface area contributed by atoms with E-state index >= 15 is 0 Å². The fourth-order valence-corrected chi connectivity index (χ4v) is 2.60. The van der Waals surface area contributed by atoms with E-state index < -0.39 is 11.7 Å². The lowest BCUT2D eigenvalue weighted by Gasteiger charge is -2.09. The smallest absolute Gasteiger partial charge is 0.166 e. The van der Waals surface area contributed by atoms with Crippen LogP contribution in [0, 0.1) is 10.5 Å². The zero-order valence-electron chi connectivity index (χ0n) is 9.55. The zero-order valence-corrected chi connectivity index (χ0v) is 11.7. The van der Waals surface area contributed by atoms with Gasteiger partial charge in [-0.3, -0.25) is 0 Å². The van der Waals surface area contributed by atoms with Crippen molar-refractivity contribution in [3.8, 4) is 11.1 Å². The Morgan fingerprint density at radius 2 is 1.67 bits per heavy atom. The van der Waals surface area contributed by atoms with Crippen LogP contribution in [0.1, 0.15) is 11.1 Å². The Kier molecular flexibility index (Phi) is 3.66. The van der Waals surface area contributed by atoms with Crippen LogP contribution >= 0.6 is 22.6 Å². The first-order valence-electron chi connectivity index (χ1n) is 5.31. The minimum absolute atomic E-state index is 0.589. The zero-order chi connectivity index (χ0) is 13.3. The second-order valence-corrected chi connectivity index (χ2v) is 5.34. The Hall–Kier alpha value is -1.04. The van der Waals surface area contributed by atoms with E-state index in [2.05, 4.69) is 22.6 Å². The van der Waals surface area contributed by atoms with Crippen LogP contribution in [0.15, 0.2) is 42.5 Å². The molecule has 0 bridgehead atoms. The Balaban J connectivity index is 2.51. The van der Waals surface area contributed by atoms with E-state index in [9.17, 15) is 13.2 Å². The molecule has 0 spiro atoms. The van der Waals surface area contributed by atoms with E-state index in [-0.39, 0.29) is 0 Å². The SMILES string of the molecule is Cc1cc(I)cc(-c2cccc(C(F)(F)F)c2)c1. The van der Waals surface area contributed by atoms with Crippen molar-refractivity contribution in [2.45, 2.75) is 13.1 Å². The molecule has 0 fully saturated rings. The summed E-state index contributed by atoms with van der Waals surface area (Å²) in [7, 11) is 0. The highest BCUT2D eigenvalue weighted by atomic mass is 127. The summed E-state index contributed by atoms with van der Waals surface area (Å²) in [6, 6.07) is 11.2. The maximum atomic E-state index is 12.6. The van der Waals surface area contributed by atoms with Gasteiger partial charge in [-0.25, -0.2) is 0 Å². The van der Waals surface area contributed by atoms with Crippen molar-refractivity contribution in [3.05, 3.63) is 57.2 Å². The predicted molar refractivity (Wildman–Crippen MR) is 74.3 cm³/mol. The third-order valence-electron chi connectivity index (χ3n) is 2.57. The molecule has 18 heavy (non-hydrogen) atoms. The monoisotopic (exact) mass is 362 g/mol. The van der Waals surface area contributed by atoms with Gasteiger partial charge >= 0.3 is 6.18 Å². The number of benzene rings is 2. The fourth-order valence-electron chi connectivity index (χ4n) is 1.78. The fraction of sp³-hybridized carbons (Fsp3) is 0.143. The summed E-state index contributed by atoms with van der Waals surface area (Å²) in [5, 5.41) is 0. The molecule has 0 radical (unpaired) electrons. The van der Waals surface area contributed by atoms with Gasteiger partial charge in [-0.05, 0) is 70.5 Å². The second kappa shape index (κ2) is 4.91. The van der Waals surface area contributed by atoms with Crippen LogP contribution in [0.4, 0.5) is 13.2 Å². The third-order valence-corrected chi connectivity index (χ3v) is 3.19. The molecule has 0 aliphatic carbocycles. The average molecular weight is 362 g/mol. The molecule has 0 saturated heterocycles. The molecule has 2 aromatic carbocycles. The minimum atomic E-state index is -4.30. The number of alkyl halides is 3. The quantitative estimate of drug-likeness (QED) is 0.605. The number of hydrogen-bond acceptors (Lipinski definition) is 0. The molecule has 0 aromatic heterocycles. The number of halogens is 4. The molecule has 0 aliphatic heterocycles. The van der Waals surface area contributed by atoms with E-state index in [0.717, 1.165) is 20.8 Å². The Morgan fingerprint density at radius 1 is 0.944 bits per heavy atom. The number of hydrogen-bond donors (Lipinski definition) is 0. The van der Waals surface area contributed by atoms with E-state index in [0.29, 0.717) is 5.56 Å². The molecule has 2 aromatic rings. The maximum Gasteiger partial charge on any atom is 0.416 e. The van der Waals surface area contributed by atoms with Crippen molar-refractivity contribution in [2.24, 2.45) is 0 Å². The molecule has 0 heterocycles. The van der Waals surface area contributed by atoms with Crippen LogP contribution in [0.5, 0.6) is 0 Å². The van der Waals surface area contributed by atoms with E-state index in [1.165, 1.54) is 12.1 Å². The lowest BCUT2D eigenvalue weighted by Crippen LogP contribution is -2.04. The molecular formula is C14H10F3I. The van der Waals surface area contributed by atoms with Crippen LogP contribution in [0.2, 0.25) is 0 Å². The van der Waals surface area contributed by atoms with Crippen molar-refractivity contribution < 1.29 is 13.2 Å². The van der Waals surface area contributed by atoms with Gasteiger partial charge < -0.3 is 0 Å². The topological polar surface area (TPSA) is 0 Å². The van der Waals surface area contributed by atoms with Gasteiger partial charge in [0.15, 0.2) is 0 Å². The van der Waals surface area contributed by atoms with Gasteiger partial charge in [0.2, 0.25) is 0 Å². The third kappa shape index (κ3) is 3.04. The van der Waals surface area contributed by atoms with Crippen LogP contribution in [0.3, 0.4) is 0 Å². The van der Waals surface area contributed by atoms with Gasteiger partial charge in [-0.1, -0.05) is 18.2 Å². The van der Waals surface area contributed by atoms with Gasteiger partial charge in [-0.15, -0.1) is 0 Å². The van der Waals surface area contributed by atoms with Crippen molar-refractivity contribution in [1.82, 2.24) is 0 Å². The molecule has 0 unspecified atom stereocenters. The molecule has 0 N–H and O–H groups in total. The van der Waals surface area contributed by atoms with Gasteiger partial charge in [-0.2, -0.15) is 13.2 Å². The summed E-state index contributed by atoms with van der Waals surface area (Å²) in [4.78, 5) is 0. The number of aryl methyl sites for hydroxylation is 1. The van der Waals surface area contributed by atoms with Crippen molar-refractivity contribution in [2.75, 3.05) is 0 Å². The molecule has 0 amide bonds. The van der Waals surface area contributed by atoms with E-state index in [4.69, 9.17) is 0 Å². The second-order valence-electron chi connectivity index (χ2n) is 4.10. The Labute approximate surface area is 117 Å². The highest BCUT2D eigenvalue weighted by molar-refractivity contribution is 14.1. The average Bonchev–Trinajstić information content (AvgIpc) is 2.27.